The van der Waals surface area contributed by atoms with Crippen molar-refractivity contribution in [3.05, 3.63) is 30.1 Å². The van der Waals surface area contributed by atoms with Crippen molar-refractivity contribution in [1.82, 2.24) is 20.2 Å². The van der Waals surface area contributed by atoms with Crippen molar-refractivity contribution in [2.45, 2.75) is 20.3 Å². The molecule has 2 rings (SSSR count). The van der Waals surface area contributed by atoms with Crippen LogP contribution in [0.25, 0.3) is 5.69 Å². The maximum atomic E-state index is 11.3. The Bertz CT molecular complexity index is 521. The number of nitrogens with zero attached hydrogens (tertiary/aromatic N) is 4. The fraction of sp³-hybridized carbons (Fsp3) is 0.273. The third-order valence-corrected chi connectivity index (χ3v) is 2.42. The van der Waals surface area contributed by atoms with Crippen LogP contribution < -0.4 is 5.32 Å². The molecule has 1 N–H and O–H groups in total. The molecule has 0 fully saturated rings. The Morgan fingerprint density at radius 2 is 2.29 bits per heavy atom. The minimum absolute atomic E-state index is 0.00303. The zero-order valence-electron chi connectivity index (χ0n) is 9.71. The molecule has 88 valence electrons. The van der Waals surface area contributed by atoms with Gasteiger partial charge < -0.3 is 5.32 Å². The lowest BCUT2D eigenvalue weighted by Gasteiger charge is -2.08. The average molecular weight is 231 g/mol. The van der Waals surface area contributed by atoms with Crippen molar-refractivity contribution < 1.29 is 4.79 Å². The highest BCUT2D eigenvalue weighted by molar-refractivity contribution is 5.91. The number of aromatic nitrogens is 4. The SMILES string of the molecule is CCC(=O)Nc1ccc(-n2cnnn2)cc1C. The highest BCUT2D eigenvalue weighted by atomic mass is 16.1. The van der Waals surface area contributed by atoms with Crippen molar-refractivity contribution in [2.24, 2.45) is 0 Å². The van der Waals surface area contributed by atoms with E-state index in [0.717, 1.165) is 16.9 Å². The number of hydrogen-bond donors (Lipinski definition) is 1. The molecule has 6 heteroatoms. The van der Waals surface area contributed by atoms with E-state index in [4.69, 9.17) is 0 Å². The number of hydrogen-bond acceptors (Lipinski definition) is 4. The second-order valence-electron chi connectivity index (χ2n) is 3.66. The number of rotatable bonds is 3. The molecular weight excluding hydrogens is 218 g/mol. The Kier molecular flexibility index (Phi) is 3.13. The number of aryl methyl sites for hydroxylation is 1. The Balaban J connectivity index is 2.26. The molecular formula is C11H13N5O. The quantitative estimate of drug-likeness (QED) is 0.864. The minimum Gasteiger partial charge on any atom is -0.326 e. The number of tetrazole rings is 1. The van der Waals surface area contributed by atoms with Crippen LogP contribution in [-0.2, 0) is 4.79 Å². The Hall–Kier alpha value is -2.24. The van der Waals surface area contributed by atoms with Gasteiger partial charge in [-0.25, -0.2) is 4.68 Å². The molecule has 1 heterocycles. The summed E-state index contributed by atoms with van der Waals surface area (Å²) < 4.78 is 1.57. The molecule has 0 aliphatic carbocycles. The first kappa shape index (κ1) is 11.3. The molecule has 6 nitrogen and oxygen atoms in total. The normalized spacial score (nSPS) is 10.2. The zero-order valence-corrected chi connectivity index (χ0v) is 9.71. The lowest BCUT2D eigenvalue weighted by atomic mass is 10.1. The summed E-state index contributed by atoms with van der Waals surface area (Å²) in [5.74, 6) is 0.00303. The van der Waals surface area contributed by atoms with Gasteiger partial charge in [-0.05, 0) is 41.1 Å². The van der Waals surface area contributed by atoms with Crippen molar-refractivity contribution >= 4 is 11.6 Å². The molecule has 2 aromatic rings. The van der Waals surface area contributed by atoms with Crippen molar-refractivity contribution in [1.29, 1.82) is 0 Å². The monoisotopic (exact) mass is 231 g/mol. The third kappa shape index (κ3) is 2.47. The summed E-state index contributed by atoms with van der Waals surface area (Å²) in [6, 6.07) is 5.62. The molecule has 0 saturated carbocycles. The summed E-state index contributed by atoms with van der Waals surface area (Å²) in [4.78, 5) is 11.3. The van der Waals surface area contributed by atoms with Gasteiger partial charge in [0.15, 0.2) is 0 Å². The van der Waals surface area contributed by atoms with E-state index in [1.807, 2.05) is 32.0 Å². The van der Waals surface area contributed by atoms with Gasteiger partial charge in [0.1, 0.15) is 6.33 Å². The van der Waals surface area contributed by atoms with E-state index in [9.17, 15) is 4.79 Å². The first-order valence-corrected chi connectivity index (χ1v) is 5.34. The lowest BCUT2D eigenvalue weighted by Crippen LogP contribution is -2.10. The highest BCUT2D eigenvalue weighted by Gasteiger charge is 2.05. The van der Waals surface area contributed by atoms with Gasteiger partial charge in [0.2, 0.25) is 5.91 Å². The second-order valence-corrected chi connectivity index (χ2v) is 3.66. The minimum atomic E-state index is 0.00303. The summed E-state index contributed by atoms with van der Waals surface area (Å²) in [6.45, 7) is 3.75. The summed E-state index contributed by atoms with van der Waals surface area (Å²) in [6.07, 6.45) is 1.99. The largest absolute Gasteiger partial charge is 0.326 e. The summed E-state index contributed by atoms with van der Waals surface area (Å²) in [7, 11) is 0. The molecule has 0 saturated heterocycles. The molecule has 1 amide bonds. The smallest absolute Gasteiger partial charge is 0.224 e. The molecule has 0 spiro atoms. The van der Waals surface area contributed by atoms with E-state index in [2.05, 4.69) is 20.8 Å². The average Bonchev–Trinajstić information content (AvgIpc) is 2.85. The molecule has 1 aromatic carbocycles. The van der Waals surface area contributed by atoms with Crippen LogP contribution in [0.4, 0.5) is 5.69 Å². The van der Waals surface area contributed by atoms with Crippen LogP contribution >= 0.6 is 0 Å². The fourth-order valence-corrected chi connectivity index (χ4v) is 1.45. The predicted molar refractivity (Wildman–Crippen MR) is 62.8 cm³/mol. The second kappa shape index (κ2) is 4.73. The van der Waals surface area contributed by atoms with E-state index in [-0.39, 0.29) is 5.91 Å². The van der Waals surface area contributed by atoms with Crippen molar-refractivity contribution in [3.63, 3.8) is 0 Å². The molecule has 17 heavy (non-hydrogen) atoms. The molecule has 0 aliphatic rings. The van der Waals surface area contributed by atoms with Crippen LogP contribution in [0.3, 0.4) is 0 Å². The highest BCUT2D eigenvalue weighted by Crippen LogP contribution is 2.18. The van der Waals surface area contributed by atoms with Gasteiger partial charge in [-0.15, -0.1) is 5.10 Å². The topological polar surface area (TPSA) is 72.7 Å². The van der Waals surface area contributed by atoms with Gasteiger partial charge in [-0.1, -0.05) is 6.92 Å². The van der Waals surface area contributed by atoms with E-state index < -0.39 is 0 Å². The Morgan fingerprint density at radius 1 is 1.47 bits per heavy atom. The standard InChI is InChI=1S/C11H13N5O/c1-3-11(17)13-10-5-4-9(6-8(10)2)16-7-12-14-15-16/h4-7H,3H2,1-2H3,(H,13,17). The first-order chi connectivity index (χ1) is 8.20. The van der Waals surface area contributed by atoms with Crippen LogP contribution in [0.5, 0.6) is 0 Å². The van der Waals surface area contributed by atoms with Crippen molar-refractivity contribution in [2.75, 3.05) is 5.32 Å². The van der Waals surface area contributed by atoms with E-state index in [0.29, 0.717) is 6.42 Å². The van der Waals surface area contributed by atoms with Crippen LogP contribution in [-0.4, -0.2) is 26.1 Å². The summed E-state index contributed by atoms with van der Waals surface area (Å²) in [5.41, 5.74) is 2.65. The number of benzene rings is 1. The maximum Gasteiger partial charge on any atom is 0.224 e. The summed E-state index contributed by atoms with van der Waals surface area (Å²) in [5, 5.41) is 13.8. The lowest BCUT2D eigenvalue weighted by molar-refractivity contribution is -0.115. The van der Waals surface area contributed by atoms with Crippen LogP contribution in [0, 0.1) is 6.92 Å². The van der Waals surface area contributed by atoms with E-state index in [1.54, 1.807) is 4.68 Å². The molecule has 0 atom stereocenters. The van der Waals surface area contributed by atoms with Crippen molar-refractivity contribution in [3.8, 4) is 5.69 Å². The fourth-order valence-electron chi connectivity index (χ4n) is 1.45. The number of carbonyl (C=O) groups is 1. The van der Waals surface area contributed by atoms with Crippen LogP contribution in [0.15, 0.2) is 24.5 Å². The van der Waals surface area contributed by atoms with Gasteiger partial charge in [0.25, 0.3) is 0 Å². The zero-order chi connectivity index (χ0) is 12.3. The number of nitrogens with one attached hydrogen (secondary N) is 1. The predicted octanol–water partition coefficient (Wildman–Crippen LogP) is 1.32. The molecule has 1 aromatic heterocycles. The molecule has 0 bridgehead atoms. The Morgan fingerprint density at radius 3 is 2.88 bits per heavy atom. The Labute approximate surface area is 98.6 Å². The van der Waals surface area contributed by atoms with Gasteiger partial charge >= 0.3 is 0 Å². The first-order valence-electron chi connectivity index (χ1n) is 5.34. The van der Waals surface area contributed by atoms with Gasteiger partial charge in [-0.2, -0.15) is 0 Å². The van der Waals surface area contributed by atoms with Gasteiger partial charge in [0.05, 0.1) is 5.69 Å². The van der Waals surface area contributed by atoms with Gasteiger partial charge in [0, 0.05) is 12.1 Å². The van der Waals surface area contributed by atoms with Gasteiger partial charge in [-0.3, -0.25) is 4.79 Å². The number of carbonyl (C=O) groups excluding carboxylic acids is 1. The number of anilines is 1. The van der Waals surface area contributed by atoms with E-state index in [1.165, 1.54) is 6.33 Å². The molecule has 0 aliphatic heterocycles. The summed E-state index contributed by atoms with van der Waals surface area (Å²) >= 11 is 0. The molecule has 0 unspecified atom stereocenters. The van der Waals surface area contributed by atoms with Crippen LogP contribution in [0.1, 0.15) is 18.9 Å². The van der Waals surface area contributed by atoms with E-state index >= 15 is 0 Å². The number of amides is 1. The molecule has 0 radical (unpaired) electrons. The van der Waals surface area contributed by atoms with Crippen LogP contribution in [0.2, 0.25) is 0 Å². The maximum absolute atomic E-state index is 11.3. The third-order valence-electron chi connectivity index (χ3n) is 2.42.